The van der Waals surface area contributed by atoms with E-state index in [9.17, 15) is 19.8 Å². The summed E-state index contributed by atoms with van der Waals surface area (Å²) in [7, 11) is 1.69. The molecule has 1 aliphatic rings. The normalized spacial score (nSPS) is 16.5. The Morgan fingerprint density at radius 3 is 2.65 bits per heavy atom. The minimum Gasteiger partial charge on any atom is -0.508 e. The number of amides is 2. The van der Waals surface area contributed by atoms with Crippen molar-refractivity contribution in [2.45, 2.75) is 25.4 Å². The lowest BCUT2D eigenvalue weighted by molar-refractivity contribution is -0.134. The first-order chi connectivity index (χ1) is 12.5. The maximum atomic E-state index is 12.9. The summed E-state index contributed by atoms with van der Waals surface area (Å²) in [6.45, 7) is 0.839. The number of phenols is 2. The Labute approximate surface area is 152 Å². The molecule has 0 unspecified atom stereocenters. The van der Waals surface area contributed by atoms with Crippen LogP contribution in [0.5, 0.6) is 11.5 Å². The second-order valence-electron chi connectivity index (χ2n) is 6.54. The van der Waals surface area contributed by atoms with Gasteiger partial charge in [-0.1, -0.05) is 24.3 Å². The zero-order chi connectivity index (χ0) is 18.7. The van der Waals surface area contributed by atoms with Crippen LogP contribution in [-0.2, 0) is 11.3 Å². The highest BCUT2D eigenvalue weighted by molar-refractivity contribution is 5.99. The first-order valence-electron chi connectivity index (χ1n) is 8.59. The van der Waals surface area contributed by atoms with Gasteiger partial charge in [-0.3, -0.25) is 9.59 Å². The highest BCUT2D eigenvalue weighted by Gasteiger charge is 2.36. The standard InChI is InChI=1S/C20H22N2O4/c1-21(13-14-6-4-7-15(23)12-14)20(26)17-9-5-11-22(17)19(25)16-8-2-3-10-18(16)24/h2-4,6-8,10,12,17,23-24H,5,9,11,13H2,1H3/t17-/m0/s1. The molecular weight excluding hydrogens is 332 g/mol. The van der Waals surface area contributed by atoms with Gasteiger partial charge in [-0.2, -0.15) is 0 Å². The van der Waals surface area contributed by atoms with Crippen molar-refractivity contribution in [3.05, 3.63) is 59.7 Å². The van der Waals surface area contributed by atoms with E-state index in [-0.39, 0.29) is 28.9 Å². The lowest BCUT2D eigenvalue weighted by Crippen LogP contribution is -2.46. The van der Waals surface area contributed by atoms with Crippen molar-refractivity contribution in [1.29, 1.82) is 0 Å². The molecule has 1 atom stereocenters. The van der Waals surface area contributed by atoms with Crippen LogP contribution in [0.15, 0.2) is 48.5 Å². The summed E-state index contributed by atoms with van der Waals surface area (Å²) in [5.41, 5.74) is 1.03. The van der Waals surface area contributed by atoms with E-state index >= 15 is 0 Å². The van der Waals surface area contributed by atoms with Gasteiger partial charge in [0.05, 0.1) is 5.56 Å². The summed E-state index contributed by atoms with van der Waals surface area (Å²) in [6, 6.07) is 12.6. The molecule has 2 amide bonds. The van der Waals surface area contributed by atoms with Crippen LogP contribution in [0, 0.1) is 0 Å². The number of carbonyl (C=O) groups excluding carboxylic acids is 2. The van der Waals surface area contributed by atoms with Crippen molar-refractivity contribution in [2.24, 2.45) is 0 Å². The van der Waals surface area contributed by atoms with Gasteiger partial charge in [-0.15, -0.1) is 0 Å². The maximum absolute atomic E-state index is 12.9. The molecule has 0 spiro atoms. The fourth-order valence-corrected chi connectivity index (χ4v) is 3.34. The molecule has 6 nitrogen and oxygen atoms in total. The van der Waals surface area contributed by atoms with Gasteiger partial charge in [-0.05, 0) is 42.7 Å². The number of hydrogen-bond donors (Lipinski definition) is 2. The summed E-state index contributed by atoms with van der Waals surface area (Å²) < 4.78 is 0. The number of carbonyl (C=O) groups is 2. The van der Waals surface area contributed by atoms with E-state index in [1.807, 2.05) is 6.07 Å². The molecule has 0 radical (unpaired) electrons. The fourth-order valence-electron chi connectivity index (χ4n) is 3.34. The molecule has 1 aliphatic heterocycles. The largest absolute Gasteiger partial charge is 0.508 e. The van der Waals surface area contributed by atoms with Gasteiger partial charge in [0, 0.05) is 20.1 Å². The number of likely N-dealkylation sites (tertiary alicyclic amines) is 1. The molecule has 136 valence electrons. The number of benzene rings is 2. The highest BCUT2D eigenvalue weighted by Crippen LogP contribution is 2.25. The molecule has 1 heterocycles. The Morgan fingerprint density at radius 2 is 1.92 bits per heavy atom. The Kier molecular flexibility index (Phi) is 5.11. The fraction of sp³-hybridized carbons (Fsp3) is 0.300. The van der Waals surface area contributed by atoms with Crippen LogP contribution in [0.1, 0.15) is 28.8 Å². The van der Waals surface area contributed by atoms with Gasteiger partial charge >= 0.3 is 0 Å². The van der Waals surface area contributed by atoms with Gasteiger partial charge < -0.3 is 20.0 Å². The van der Waals surface area contributed by atoms with Crippen LogP contribution in [-0.4, -0.2) is 51.5 Å². The van der Waals surface area contributed by atoms with E-state index in [1.54, 1.807) is 48.3 Å². The van der Waals surface area contributed by atoms with E-state index in [1.165, 1.54) is 11.0 Å². The number of likely N-dealkylation sites (N-methyl/N-ethyl adjacent to an activating group) is 1. The third kappa shape index (κ3) is 3.64. The predicted molar refractivity (Wildman–Crippen MR) is 96.7 cm³/mol. The zero-order valence-corrected chi connectivity index (χ0v) is 14.6. The molecule has 1 fully saturated rings. The quantitative estimate of drug-likeness (QED) is 0.883. The predicted octanol–water partition coefficient (Wildman–Crippen LogP) is 2.36. The number of hydrogen-bond acceptors (Lipinski definition) is 4. The summed E-state index contributed by atoms with van der Waals surface area (Å²) in [4.78, 5) is 28.7. The van der Waals surface area contributed by atoms with Crippen molar-refractivity contribution < 1.29 is 19.8 Å². The second kappa shape index (κ2) is 7.47. The van der Waals surface area contributed by atoms with Crippen molar-refractivity contribution in [3.8, 4) is 11.5 Å². The van der Waals surface area contributed by atoms with Gasteiger partial charge in [0.15, 0.2) is 0 Å². The molecule has 2 aromatic rings. The van der Waals surface area contributed by atoms with Gasteiger partial charge in [0.1, 0.15) is 17.5 Å². The minimum atomic E-state index is -0.538. The van der Waals surface area contributed by atoms with Crippen LogP contribution in [0.2, 0.25) is 0 Å². The minimum absolute atomic E-state index is 0.0799. The molecule has 1 saturated heterocycles. The molecular formula is C20H22N2O4. The number of para-hydroxylation sites is 1. The number of aromatic hydroxyl groups is 2. The number of nitrogens with zero attached hydrogens (tertiary/aromatic N) is 2. The Bertz CT molecular complexity index is 821. The molecule has 26 heavy (non-hydrogen) atoms. The van der Waals surface area contributed by atoms with Gasteiger partial charge in [0.25, 0.3) is 5.91 Å². The van der Waals surface area contributed by atoms with Crippen LogP contribution in [0.3, 0.4) is 0 Å². The van der Waals surface area contributed by atoms with E-state index in [2.05, 4.69) is 0 Å². The lowest BCUT2D eigenvalue weighted by Gasteiger charge is -2.28. The number of rotatable bonds is 4. The molecule has 0 aromatic heterocycles. The first-order valence-corrected chi connectivity index (χ1v) is 8.59. The molecule has 6 heteroatoms. The summed E-state index contributed by atoms with van der Waals surface area (Å²) in [5, 5.41) is 19.5. The smallest absolute Gasteiger partial charge is 0.258 e. The molecule has 0 saturated carbocycles. The lowest BCUT2D eigenvalue weighted by atomic mass is 10.1. The summed E-state index contributed by atoms with van der Waals surface area (Å²) in [6.07, 6.45) is 1.35. The molecule has 0 aliphatic carbocycles. The van der Waals surface area contributed by atoms with Crippen molar-refractivity contribution in [2.75, 3.05) is 13.6 Å². The van der Waals surface area contributed by atoms with Crippen molar-refractivity contribution in [3.63, 3.8) is 0 Å². The topological polar surface area (TPSA) is 81.1 Å². The van der Waals surface area contributed by atoms with Gasteiger partial charge in [0.2, 0.25) is 5.91 Å². The summed E-state index contributed by atoms with van der Waals surface area (Å²) >= 11 is 0. The average Bonchev–Trinajstić information content (AvgIpc) is 3.10. The molecule has 3 rings (SSSR count). The van der Waals surface area contributed by atoms with E-state index in [0.29, 0.717) is 19.5 Å². The molecule has 0 bridgehead atoms. The summed E-state index contributed by atoms with van der Waals surface area (Å²) in [5.74, 6) is -0.399. The SMILES string of the molecule is CN(Cc1cccc(O)c1)C(=O)[C@@H]1CCCN1C(=O)c1ccccc1O. The highest BCUT2D eigenvalue weighted by atomic mass is 16.3. The second-order valence-corrected chi connectivity index (χ2v) is 6.54. The molecule has 2 aromatic carbocycles. The van der Waals surface area contributed by atoms with Crippen LogP contribution >= 0.6 is 0 Å². The van der Waals surface area contributed by atoms with E-state index < -0.39 is 6.04 Å². The van der Waals surface area contributed by atoms with E-state index in [4.69, 9.17) is 0 Å². The Balaban J connectivity index is 1.73. The Morgan fingerprint density at radius 1 is 1.15 bits per heavy atom. The van der Waals surface area contributed by atoms with Crippen LogP contribution in [0.25, 0.3) is 0 Å². The number of phenolic OH excluding ortho intramolecular Hbond substituents is 2. The van der Waals surface area contributed by atoms with E-state index in [0.717, 1.165) is 12.0 Å². The molecule has 2 N–H and O–H groups in total. The van der Waals surface area contributed by atoms with Crippen LogP contribution < -0.4 is 0 Å². The maximum Gasteiger partial charge on any atom is 0.258 e. The third-order valence-electron chi connectivity index (χ3n) is 4.64. The third-order valence-corrected chi connectivity index (χ3v) is 4.64. The average molecular weight is 354 g/mol. The van der Waals surface area contributed by atoms with Crippen molar-refractivity contribution >= 4 is 11.8 Å². The monoisotopic (exact) mass is 354 g/mol. The van der Waals surface area contributed by atoms with Gasteiger partial charge in [-0.25, -0.2) is 0 Å². The zero-order valence-electron chi connectivity index (χ0n) is 14.6. The van der Waals surface area contributed by atoms with Crippen molar-refractivity contribution in [1.82, 2.24) is 9.80 Å². The van der Waals surface area contributed by atoms with Crippen LogP contribution in [0.4, 0.5) is 0 Å². The first kappa shape index (κ1) is 17.8. The Hall–Kier alpha value is -3.02.